The highest BCUT2D eigenvalue weighted by Crippen LogP contribution is 2.37. The predicted octanol–water partition coefficient (Wildman–Crippen LogP) is 3.86. The van der Waals surface area contributed by atoms with E-state index in [1.165, 1.54) is 0 Å². The van der Waals surface area contributed by atoms with Gasteiger partial charge in [-0.1, -0.05) is 13.8 Å². The largest absolute Gasteiger partial charge is 0.481 e. The van der Waals surface area contributed by atoms with E-state index in [2.05, 4.69) is 36.4 Å². The third-order valence-corrected chi connectivity index (χ3v) is 4.90. The number of carbonyl (C=O) groups is 2. The van der Waals surface area contributed by atoms with Crippen LogP contribution in [0.2, 0.25) is 0 Å². The van der Waals surface area contributed by atoms with Crippen molar-refractivity contribution in [3.8, 4) is 5.69 Å². The number of rotatable bonds is 3. The summed E-state index contributed by atoms with van der Waals surface area (Å²) in [5.74, 6) is -0.787. The van der Waals surface area contributed by atoms with Crippen LogP contribution >= 0.6 is 22.6 Å². The number of fused-ring (bicyclic) bond motifs is 1. The molecule has 0 fully saturated rings. The number of carbonyl (C=O) groups excluding carboxylic acids is 1. The smallest absolute Gasteiger partial charge is 0.309 e. The molecule has 1 aliphatic carbocycles. The number of carboxylic acid groups (broad SMARTS) is 1. The molecule has 0 aliphatic heterocycles. The maximum atomic E-state index is 12.5. The molecule has 5 heteroatoms. The lowest BCUT2D eigenvalue weighted by Crippen LogP contribution is -2.27. The number of hydrogen-bond donors (Lipinski definition) is 1. The van der Waals surface area contributed by atoms with Gasteiger partial charge >= 0.3 is 5.97 Å². The number of aliphatic carboxylic acids is 1. The summed E-state index contributed by atoms with van der Waals surface area (Å²) in [5, 5.41) is 9.21. The van der Waals surface area contributed by atoms with Crippen LogP contribution in [0.5, 0.6) is 0 Å². The van der Waals surface area contributed by atoms with Gasteiger partial charge in [0.1, 0.15) is 0 Å². The Bertz CT molecular complexity index is 787. The summed E-state index contributed by atoms with van der Waals surface area (Å²) >= 11 is 2.24. The van der Waals surface area contributed by atoms with Gasteiger partial charge in [-0.25, -0.2) is 0 Å². The van der Waals surface area contributed by atoms with Crippen LogP contribution < -0.4 is 0 Å². The zero-order valence-electron chi connectivity index (χ0n) is 13.1. The summed E-state index contributed by atoms with van der Waals surface area (Å²) < 4.78 is 3.07. The van der Waals surface area contributed by atoms with Crippen LogP contribution in [-0.4, -0.2) is 21.4 Å². The third-order valence-electron chi connectivity index (χ3n) is 4.18. The Morgan fingerprint density at radius 3 is 2.52 bits per heavy atom. The maximum absolute atomic E-state index is 12.5. The van der Waals surface area contributed by atoms with Crippen LogP contribution in [0.25, 0.3) is 5.69 Å². The fraction of sp³-hybridized carbons (Fsp3) is 0.333. The molecule has 3 rings (SSSR count). The minimum absolute atomic E-state index is 0.0906. The van der Waals surface area contributed by atoms with Crippen molar-refractivity contribution in [2.24, 2.45) is 5.41 Å². The van der Waals surface area contributed by atoms with Gasteiger partial charge in [0.05, 0.1) is 6.42 Å². The molecular formula is C18H18INO3. The average molecular weight is 423 g/mol. The highest BCUT2D eigenvalue weighted by Gasteiger charge is 2.34. The summed E-state index contributed by atoms with van der Waals surface area (Å²) in [4.78, 5) is 23.7. The van der Waals surface area contributed by atoms with E-state index in [0.717, 1.165) is 21.4 Å². The molecule has 0 spiro atoms. The molecule has 2 aromatic rings. The summed E-state index contributed by atoms with van der Waals surface area (Å²) in [6.45, 7) is 4.16. The first-order chi connectivity index (χ1) is 10.8. The van der Waals surface area contributed by atoms with Crippen LogP contribution in [0.1, 0.15) is 42.0 Å². The Labute approximate surface area is 148 Å². The number of halogens is 1. The van der Waals surface area contributed by atoms with Gasteiger partial charge in [-0.05, 0) is 64.8 Å². The van der Waals surface area contributed by atoms with Crippen molar-refractivity contribution < 1.29 is 14.7 Å². The first-order valence-corrected chi connectivity index (χ1v) is 8.59. The Kier molecular flexibility index (Phi) is 4.08. The van der Waals surface area contributed by atoms with E-state index in [1.807, 2.05) is 28.8 Å². The van der Waals surface area contributed by atoms with E-state index in [4.69, 9.17) is 0 Å². The van der Waals surface area contributed by atoms with Crippen LogP contribution in [0.15, 0.2) is 30.3 Å². The number of ketones is 1. The molecule has 0 radical (unpaired) electrons. The van der Waals surface area contributed by atoms with E-state index in [0.29, 0.717) is 17.7 Å². The Balaban J connectivity index is 2.21. The molecule has 0 bridgehead atoms. The summed E-state index contributed by atoms with van der Waals surface area (Å²) in [6, 6.07) is 9.68. The average Bonchev–Trinajstić information content (AvgIpc) is 2.76. The van der Waals surface area contributed by atoms with Gasteiger partial charge in [0.15, 0.2) is 5.78 Å². The zero-order chi connectivity index (χ0) is 16.8. The monoisotopic (exact) mass is 423 g/mol. The van der Waals surface area contributed by atoms with Crippen molar-refractivity contribution in [1.82, 2.24) is 4.57 Å². The van der Waals surface area contributed by atoms with Crippen LogP contribution in [0.3, 0.4) is 0 Å². The fourth-order valence-corrected chi connectivity index (χ4v) is 3.63. The van der Waals surface area contributed by atoms with Gasteiger partial charge in [-0.3, -0.25) is 9.59 Å². The van der Waals surface area contributed by atoms with Gasteiger partial charge < -0.3 is 9.67 Å². The van der Waals surface area contributed by atoms with E-state index in [9.17, 15) is 14.7 Å². The van der Waals surface area contributed by atoms with Crippen LogP contribution in [0, 0.1) is 8.99 Å². The Morgan fingerprint density at radius 1 is 1.26 bits per heavy atom. The van der Waals surface area contributed by atoms with Crippen molar-refractivity contribution in [2.75, 3.05) is 0 Å². The van der Waals surface area contributed by atoms with E-state index >= 15 is 0 Å². The number of carboxylic acids is 1. The minimum atomic E-state index is -0.890. The summed E-state index contributed by atoms with van der Waals surface area (Å²) in [5.41, 5.74) is 3.08. The molecule has 1 heterocycles. The number of hydrogen-bond acceptors (Lipinski definition) is 2. The molecule has 1 aliphatic rings. The Morgan fingerprint density at radius 2 is 1.91 bits per heavy atom. The van der Waals surface area contributed by atoms with Crippen molar-refractivity contribution in [3.05, 3.63) is 50.9 Å². The fourth-order valence-electron chi connectivity index (χ4n) is 3.27. The lowest BCUT2D eigenvalue weighted by Gasteiger charge is -2.30. The standard InChI is InChI=1S/C18H18INO3/c1-18(2)9-15-14(16(21)10-18)7-13(8-17(22)23)20(15)12-5-3-11(19)4-6-12/h3-7H,8-10H2,1-2H3,(H,22,23). The summed E-state index contributed by atoms with van der Waals surface area (Å²) in [7, 11) is 0. The molecule has 23 heavy (non-hydrogen) atoms. The number of aromatic nitrogens is 1. The van der Waals surface area contributed by atoms with Crippen molar-refractivity contribution >= 4 is 34.3 Å². The van der Waals surface area contributed by atoms with Gasteiger partial charge in [-0.15, -0.1) is 0 Å². The zero-order valence-corrected chi connectivity index (χ0v) is 15.3. The molecule has 0 saturated carbocycles. The normalized spacial score (nSPS) is 16.2. The number of nitrogens with zero attached hydrogens (tertiary/aromatic N) is 1. The minimum Gasteiger partial charge on any atom is -0.481 e. The van der Waals surface area contributed by atoms with Crippen molar-refractivity contribution in [3.63, 3.8) is 0 Å². The van der Waals surface area contributed by atoms with Crippen molar-refractivity contribution in [1.29, 1.82) is 0 Å². The third kappa shape index (κ3) is 3.20. The molecule has 0 unspecified atom stereocenters. The summed E-state index contributed by atoms with van der Waals surface area (Å²) in [6.07, 6.45) is 1.18. The van der Waals surface area contributed by atoms with Gasteiger partial charge in [0.2, 0.25) is 0 Å². The second kappa shape index (κ2) is 5.78. The number of Topliss-reactive ketones (excluding diaryl/α,β-unsaturated/α-hetero) is 1. The van der Waals surface area contributed by atoms with Crippen LogP contribution in [-0.2, 0) is 17.6 Å². The van der Waals surface area contributed by atoms with Gasteiger partial charge in [-0.2, -0.15) is 0 Å². The highest BCUT2D eigenvalue weighted by molar-refractivity contribution is 14.1. The molecule has 120 valence electrons. The second-order valence-electron chi connectivity index (χ2n) is 6.82. The van der Waals surface area contributed by atoms with Gasteiger partial charge in [0, 0.05) is 32.6 Å². The SMILES string of the molecule is CC1(C)CC(=O)c2cc(CC(=O)O)n(-c3ccc(I)cc3)c2C1. The topological polar surface area (TPSA) is 59.3 Å². The molecular weight excluding hydrogens is 405 g/mol. The molecule has 0 saturated heterocycles. The van der Waals surface area contributed by atoms with Gasteiger partial charge in [0.25, 0.3) is 0 Å². The van der Waals surface area contributed by atoms with Crippen molar-refractivity contribution in [2.45, 2.75) is 33.1 Å². The predicted molar refractivity (Wildman–Crippen MR) is 96.3 cm³/mol. The second-order valence-corrected chi connectivity index (χ2v) is 8.06. The quantitative estimate of drug-likeness (QED) is 0.763. The molecule has 1 N–H and O–H groups in total. The molecule has 0 amide bonds. The number of benzene rings is 1. The molecule has 0 atom stereocenters. The van der Waals surface area contributed by atoms with Crippen LogP contribution in [0.4, 0.5) is 0 Å². The first-order valence-electron chi connectivity index (χ1n) is 7.51. The maximum Gasteiger partial charge on any atom is 0.309 e. The lowest BCUT2D eigenvalue weighted by molar-refractivity contribution is -0.136. The lowest BCUT2D eigenvalue weighted by atomic mass is 9.76. The van der Waals surface area contributed by atoms with E-state index in [1.54, 1.807) is 6.07 Å². The highest BCUT2D eigenvalue weighted by atomic mass is 127. The van der Waals surface area contributed by atoms with E-state index < -0.39 is 5.97 Å². The molecule has 4 nitrogen and oxygen atoms in total. The first kappa shape index (κ1) is 16.2. The molecule has 1 aromatic heterocycles. The molecule has 1 aromatic carbocycles. The Hall–Kier alpha value is -1.63. The van der Waals surface area contributed by atoms with E-state index in [-0.39, 0.29) is 17.6 Å².